The highest BCUT2D eigenvalue weighted by molar-refractivity contribution is 5.25. The SMILES string of the molecule is Cc1cccc(C2CC=CO2)c1. The molecule has 12 heavy (non-hydrogen) atoms. The van der Waals surface area contributed by atoms with Crippen molar-refractivity contribution < 1.29 is 4.74 Å². The molecule has 0 fully saturated rings. The van der Waals surface area contributed by atoms with Gasteiger partial charge in [0.1, 0.15) is 6.10 Å². The van der Waals surface area contributed by atoms with Gasteiger partial charge in [0, 0.05) is 6.42 Å². The summed E-state index contributed by atoms with van der Waals surface area (Å²) in [6.07, 6.45) is 5.11. The van der Waals surface area contributed by atoms with E-state index in [0.29, 0.717) is 0 Å². The number of hydrogen-bond donors (Lipinski definition) is 0. The molecule has 1 aromatic rings. The standard InChI is InChI=1S/C11H12O/c1-9-4-2-5-10(8-9)11-6-3-7-12-11/h2-5,7-8,11H,6H2,1H3. The van der Waals surface area contributed by atoms with Crippen LogP contribution < -0.4 is 0 Å². The molecule has 1 unspecified atom stereocenters. The highest BCUT2D eigenvalue weighted by Gasteiger charge is 2.13. The van der Waals surface area contributed by atoms with Gasteiger partial charge in [-0.15, -0.1) is 0 Å². The van der Waals surface area contributed by atoms with Gasteiger partial charge in [0.15, 0.2) is 0 Å². The first kappa shape index (κ1) is 7.41. The third kappa shape index (κ3) is 1.35. The maximum Gasteiger partial charge on any atom is 0.126 e. The smallest absolute Gasteiger partial charge is 0.126 e. The van der Waals surface area contributed by atoms with Crippen molar-refractivity contribution >= 4 is 0 Å². The second kappa shape index (κ2) is 3.02. The first-order valence-electron chi connectivity index (χ1n) is 4.23. The lowest BCUT2D eigenvalue weighted by atomic mass is 10.1. The van der Waals surface area contributed by atoms with Gasteiger partial charge in [-0.1, -0.05) is 29.8 Å². The van der Waals surface area contributed by atoms with Gasteiger partial charge in [-0.3, -0.25) is 0 Å². The fourth-order valence-electron chi connectivity index (χ4n) is 1.47. The highest BCUT2D eigenvalue weighted by atomic mass is 16.5. The number of hydrogen-bond acceptors (Lipinski definition) is 1. The summed E-state index contributed by atoms with van der Waals surface area (Å²) in [4.78, 5) is 0. The third-order valence-corrected chi connectivity index (χ3v) is 2.10. The zero-order valence-electron chi connectivity index (χ0n) is 7.16. The molecule has 1 heterocycles. The Morgan fingerprint density at radius 2 is 2.33 bits per heavy atom. The molecule has 1 nitrogen and oxygen atoms in total. The summed E-state index contributed by atoms with van der Waals surface area (Å²) in [5.41, 5.74) is 2.57. The molecule has 0 saturated heterocycles. The van der Waals surface area contributed by atoms with E-state index >= 15 is 0 Å². The zero-order valence-corrected chi connectivity index (χ0v) is 7.16. The molecule has 0 aromatic heterocycles. The van der Waals surface area contributed by atoms with Crippen molar-refractivity contribution in [3.63, 3.8) is 0 Å². The fourth-order valence-corrected chi connectivity index (χ4v) is 1.47. The number of aryl methyl sites for hydroxylation is 1. The summed E-state index contributed by atoms with van der Waals surface area (Å²) in [6, 6.07) is 8.47. The second-order valence-electron chi connectivity index (χ2n) is 3.15. The Balaban J connectivity index is 2.22. The molecule has 1 heteroatoms. The van der Waals surface area contributed by atoms with E-state index in [1.807, 2.05) is 0 Å². The summed E-state index contributed by atoms with van der Waals surface area (Å²) in [5.74, 6) is 0. The summed E-state index contributed by atoms with van der Waals surface area (Å²) in [7, 11) is 0. The van der Waals surface area contributed by atoms with E-state index in [2.05, 4.69) is 37.3 Å². The van der Waals surface area contributed by atoms with Gasteiger partial charge < -0.3 is 4.74 Å². The molecule has 1 aromatic carbocycles. The van der Waals surface area contributed by atoms with Crippen molar-refractivity contribution in [3.8, 4) is 0 Å². The van der Waals surface area contributed by atoms with Gasteiger partial charge in [0.25, 0.3) is 0 Å². The van der Waals surface area contributed by atoms with Crippen LogP contribution in [0.5, 0.6) is 0 Å². The van der Waals surface area contributed by atoms with Crippen molar-refractivity contribution in [2.24, 2.45) is 0 Å². The van der Waals surface area contributed by atoms with Crippen molar-refractivity contribution in [2.45, 2.75) is 19.4 Å². The molecule has 0 amide bonds. The van der Waals surface area contributed by atoms with E-state index in [1.165, 1.54) is 11.1 Å². The molecule has 2 rings (SSSR count). The van der Waals surface area contributed by atoms with Gasteiger partial charge in [0.2, 0.25) is 0 Å². The van der Waals surface area contributed by atoms with Crippen LogP contribution in [0.3, 0.4) is 0 Å². The fraction of sp³-hybridized carbons (Fsp3) is 0.273. The van der Waals surface area contributed by atoms with Gasteiger partial charge >= 0.3 is 0 Å². The predicted octanol–water partition coefficient (Wildman–Crippen LogP) is 2.97. The van der Waals surface area contributed by atoms with E-state index < -0.39 is 0 Å². The lowest BCUT2D eigenvalue weighted by molar-refractivity contribution is 0.173. The van der Waals surface area contributed by atoms with Crippen LogP contribution in [-0.2, 0) is 4.74 Å². The largest absolute Gasteiger partial charge is 0.493 e. The summed E-state index contributed by atoms with van der Waals surface area (Å²) in [6.45, 7) is 2.10. The zero-order chi connectivity index (χ0) is 8.39. The average molecular weight is 160 g/mol. The van der Waals surface area contributed by atoms with E-state index in [-0.39, 0.29) is 6.10 Å². The molecule has 0 saturated carbocycles. The molecule has 1 atom stereocenters. The van der Waals surface area contributed by atoms with E-state index in [9.17, 15) is 0 Å². The van der Waals surface area contributed by atoms with Crippen molar-refractivity contribution in [2.75, 3.05) is 0 Å². The van der Waals surface area contributed by atoms with Gasteiger partial charge in [-0.25, -0.2) is 0 Å². The van der Waals surface area contributed by atoms with Crippen LogP contribution in [0.4, 0.5) is 0 Å². The number of benzene rings is 1. The highest BCUT2D eigenvalue weighted by Crippen LogP contribution is 2.26. The minimum absolute atomic E-state index is 0.255. The minimum atomic E-state index is 0.255. The molecule has 0 spiro atoms. The Morgan fingerprint density at radius 3 is 3.00 bits per heavy atom. The molecule has 0 radical (unpaired) electrons. The summed E-state index contributed by atoms with van der Waals surface area (Å²) in [5, 5.41) is 0. The Hall–Kier alpha value is -1.24. The van der Waals surface area contributed by atoms with Crippen LogP contribution in [0.25, 0.3) is 0 Å². The van der Waals surface area contributed by atoms with Crippen molar-refractivity contribution in [3.05, 3.63) is 47.7 Å². The van der Waals surface area contributed by atoms with E-state index in [0.717, 1.165) is 6.42 Å². The monoisotopic (exact) mass is 160 g/mol. The van der Waals surface area contributed by atoms with Gasteiger partial charge in [-0.05, 0) is 18.6 Å². The van der Waals surface area contributed by atoms with Gasteiger partial charge in [-0.2, -0.15) is 0 Å². The topological polar surface area (TPSA) is 9.23 Å². The maximum absolute atomic E-state index is 5.41. The first-order valence-corrected chi connectivity index (χ1v) is 4.23. The van der Waals surface area contributed by atoms with Crippen LogP contribution in [0.1, 0.15) is 23.7 Å². The first-order chi connectivity index (χ1) is 5.86. The maximum atomic E-state index is 5.41. The van der Waals surface area contributed by atoms with Crippen LogP contribution in [0.15, 0.2) is 36.6 Å². The lowest BCUT2D eigenvalue weighted by Crippen LogP contribution is -1.94. The van der Waals surface area contributed by atoms with Crippen molar-refractivity contribution in [1.29, 1.82) is 0 Å². The molecule has 1 aliphatic rings. The Labute approximate surface area is 72.7 Å². The molecular weight excluding hydrogens is 148 g/mol. The average Bonchev–Trinajstić information content (AvgIpc) is 2.56. The Kier molecular flexibility index (Phi) is 1.86. The van der Waals surface area contributed by atoms with Crippen LogP contribution in [0, 0.1) is 6.92 Å². The quantitative estimate of drug-likeness (QED) is 0.613. The Bertz CT molecular complexity index is 294. The van der Waals surface area contributed by atoms with E-state index in [4.69, 9.17) is 4.74 Å². The number of ether oxygens (including phenoxy) is 1. The lowest BCUT2D eigenvalue weighted by Gasteiger charge is -2.10. The van der Waals surface area contributed by atoms with E-state index in [1.54, 1.807) is 6.26 Å². The molecule has 1 aliphatic heterocycles. The van der Waals surface area contributed by atoms with Crippen molar-refractivity contribution in [1.82, 2.24) is 0 Å². The molecule has 0 N–H and O–H groups in total. The van der Waals surface area contributed by atoms with Crippen LogP contribution in [0.2, 0.25) is 0 Å². The normalized spacial score (nSPS) is 20.9. The molecule has 0 bridgehead atoms. The summed E-state index contributed by atoms with van der Waals surface area (Å²) >= 11 is 0. The summed E-state index contributed by atoms with van der Waals surface area (Å²) < 4.78 is 5.41. The third-order valence-electron chi connectivity index (χ3n) is 2.10. The van der Waals surface area contributed by atoms with Gasteiger partial charge in [0.05, 0.1) is 6.26 Å². The second-order valence-corrected chi connectivity index (χ2v) is 3.15. The molecule has 62 valence electrons. The van der Waals surface area contributed by atoms with Crippen LogP contribution in [-0.4, -0.2) is 0 Å². The Morgan fingerprint density at radius 1 is 1.42 bits per heavy atom. The minimum Gasteiger partial charge on any atom is -0.493 e. The number of rotatable bonds is 1. The molecular formula is C11H12O. The predicted molar refractivity (Wildman–Crippen MR) is 48.8 cm³/mol. The molecule has 0 aliphatic carbocycles. The van der Waals surface area contributed by atoms with Crippen LogP contribution >= 0.6 is 0 Å².